The summed E-state index contributed by atoms with van der Waals surface area (Å²) in [5.74, 6) is -0.0924. The van der Waals surface area contributed by atoms with Crippen molar-refractivity contribution in [1.82, 2.24) is 9.88 Å². The van der Waals surface area contributed by atoms with Gasteiger partial charge in [0.25, 0.3) is 5.91 Å². The highest BCUT2D eigenvalue weighted by Gasteiger charge is 2.12. The molecule has 16 heavy (non-hydrogen) atoms. The van der Waals surface area contributed by atoms with Gasteiger partial charge in [0.2, 0.25) is 0 Å². The molecule has 4 N–H and O–H groups in total. The number of hydrogen-bond donors (Lipinski definition) is 3. The van der Waals surface area contributed by atoms with Gasteiger partial charge in [-0.3, -0.25) is 4.79 Å². The van der Waals surface area contributed by atoms with Gasteiger partial charge in [0.05, 0.1) is 5.69 Å². The molecule has 0 fully saturated rings. The lowest BCUT2D eigenvalue weighted by molar-refractivity contribution is 0.0933. The van der Waals surface area contributed by atoms with Crippen LogP contribution < -0.4 is 11.1 Å². The Labute approximate surface area is 95.3 Å². The van der Waals surface area contributed by atoms with Crippen LogP contribution in [0.25, 0.3) is 0 Å². The number of nitrogen functional groups attached to an aromatic ring is 1. The number of aliphatic hydroxyl groups excluding tert-OH is 1. The van der Waals surface area contributed by atoms with E-state index in [1.165, 1.54) is 0 Å². The van der Waals surface area contributed by atoms with Gasteiger partial charge in [0.15, 0.2) is 0 Å². The second kappa shape index (κ2) is 5.55. The molecule has 1 amide bonds. The summed E-state index contributed by atoms with van der Waals surface area (Å²) >= 11 is 0. The minimum absolute atomic E-state index is 0.0614. The fourth-order valence-electron chi connectivity index (χ4n) is 1.41. The molecule has 90 valence electrons. The first kappa shape index (κ1) is 12.6. The average molecular weight is 225 g/mol. The minimum atomic E-state index is -0.154. The van der Waals surface area contributed by atoms with E-state index < -0.39 is 0 Å². The smallest absolute Gasteiger partial charge is 0.267 e. The Bertz CT molecular complexity index is 360. The van der Waals surface area contributed by atoms with Crippen LogP contribution in [0.3, 0.4) is 0 Å². The molecule has 0 bridgehead atoms. The predicted octanol–water partition coefficient (Wildman–Crippen LogP) is 0.448. The van der Waals surface area contributed by atoms with E-state index in [4.69, 9.17) is 10.8 Å². The van der Waals surface area contributed by atoms with Gasteiger partial charge in [0.1, 0.15) is 5.69 Å². The summed E-state index contributed by atoms with van der Waals surface area (Å²) in [6, 6.07) is 1.66. The first-order valence-electron chi connectivity index (χ1n) is 5.43. The predicted molar refractivity (Wildman–Crippen MR) is 63.1 cm³/mol. The summed E-state index contributed by atoms with van der Waals surface area (Å²) in [7, 11) is 0. The van der Waals surface area contributed by atoms with Crippen LogP contribution in [0.2, 0.25) is 0 Å². The fraction of sp³-hybridized carbons (Fsp3) is 0.545. The molecule has 0 saturated carbocycles. The molecule has 0 aliphatic heterocycles. The van der Waals surface area contributed by atoms with E-state index >= 15 is 0 Å². The van der Waals surface area contributed by atoms with E-state index in [2.05, 4.69) is 5.32 Å². The van der Waals surface area contributed by atoms with Gasteiger partial charge in [0, 0.05) is 25.9 Å². The third kappa shape index (κ3) is 3.00. The highest BCUT2D eigenvalue weighted by atomic mass is 16.3. The van der Waals surface area contributed by atoms with Crippen LogP contribution in [0, 0.1) is 5.92 Å². The van der Waals surface area contributed by atoms with Crippen molar-refractivity contribution in [2.45, 2.75) is 20.4 Å². The third-order valence-electron chi connectivity index (χ3n) is 2.41. The van der Waals surface area contributed by atoms with Crippen molar-refractivity contribution < 1.29 is 9.90 Å². The normalized spacial score (nSPS) is 12.4. The van der Waals surface area contributed by atoms with Crippen LogP contribution in [0.5, 0.6) is 0 Å². The molecule has 0 saturated heterocycles. The molecule has 0 aromatic carbocycles. The monoisotopic (exact) mass is 225 g/mol. The molecular formula is C11H19N3O2. The Kier molecular flexibility index (Phi) is 4.37. The van der Waals surface area contributed by atoms with E-state index in [1.807, 2.05) is 13.8 Å². The zero-order valence-electron chi connectivity index (χ0n) is 9.73. The molecule has 5 heteroatoms. The van der Waals surface area contributed by atoms with Crippen molar-refractivity contribution in [2.24, 2.45) is 5.92 Å². The van der Waals surface area contributed by atoms with Gasteiger partial charge in [-0.25, -0.2) is 0 Å². The van der Waals surface area contributed by atoms with E-state index in [-0.39, 0.29) is 18.4 Å². The Morgan fingerprint density at radius 3 is 2.94 bits per heavy atom. The number of hydrogen-bond acceptors (Lipinski definition) is 3. The van der Waals surface area contributed by atoms with E-state index in [9.17, 15) is 4.79 Å². The molecule has 1 unspecified atom stereocenters. The van der Waals surface area contributed by atoms with Crippen molar-refractivity contribution in [3.8, 4) is 0 Å². The fourth-order valence-corrected chi connectivity index (χ4v) is 1.41. The molecule has 1 aromatic heterocycles. The van der Waals surface area contributed by atoms with Crippen LogP contribution in [-0.2, 0) is 6.54 Å². The molecule has 0 aliphatic carbocycles. The quantitative estimate of drug-likeness (QED) is 0.680. The number of rotatable bonds is 5. The molecule has 0 aliphatic rings. The Hall–Kier alpha value is -1.49. The zero-order valence-corrected chi connectivity index (χ0v) is 9.73. The maximum absolute atomic E-state index is 11.8. The lowest BCUT2D eigenvalue weighted by Crippen LogP contribution is -2.30. The van der Waals surface area contributed by atoms with E-state index in [0.29, 0.717) is 24.5 Å². The zero-order chi connectivity index (χ0) is 12.1. The number of nitrogens with zero attached hydrogens (tertiary/aromatic N) is 1. The van der Waals surface area contributed by atoms with Crippen molar-refractivity contribution in [3.63, 3.8) is 0 Å². The Morgan fingerprint density at radius 1 is 1.69 bits per heavy atom. The second-order valence-electron chi connectivity index (χ2n) is 3.94. The first-order chi connectivity index (χ1) is 7.58. The largest absolute Gasteiger partial charge is 0.397 e. The van der Waals surface area contributed by atoms with Crippen molar-refractivity contribution >= 4 is 11.6 Å². The Morgan fingerprint density at radius 2 is 2.38 bits per heavy atom. The summed E-state index contributed by atoms with van der Waals surface area (Å²) < 4.78 is 1.80. The summed E-state index contributed by atoms with van der Waals surface area (Å²) in [4.78, 5) is 11.8. The van der Waals surface area contributed by atoms with Gasteiger partial charge >= 0.3 is 0 Å². The maximum atomic E-state index is 11.8. The lowest BCUT2D eigenvalue weighted by Gasteiger charge is -2.10. The number of carbonyl (C=O) groups excluding carboxylic acids is 1. The summed E-state index contributed by atoms with van der Waals surface area (Å²) in [5.41, 5.74) is 6.78. The van der Waals surface area contributed by atoms with Crippen molar-refractivity contribution in [2.75, 3.05) is 18.9 Å². The molecule has 0 spiro atoms. The van der Waals surface area contributed by atoms with Crippen LogP contribution in [0.4, 0.5) is 5.69 Å². The van der Waals surface area contributed by atoms with E-state index in [1.54, 1.807) is 16.8 Å². The molecule has 0 radical (unpaired) electrons. The van der Waals surface area contributed by atoms with Gasteiger partial charge in [-0.05, 0) is 18.9 Å². The van der Waals surface area contributed by atoms with Crippen LogP contribution in [0.15, 0.2) is 12.3 Å². The topological polar surface area (TPSA) is 80.3 Å². The van der Waals surface area contributed by atoms with Gasteiger partial charge in [-0.1, -0.05) is 6.92 Å². The molecule has 5 nitrogen and oxygen atoms in total. The second-order valence-corrected chi connectivity index (χ2v) is 3.94. The lowest BCUT2D eigenvalue weighted by atomic mass is 10.2. The number of amides is 1. The standard InChI is InChI=1S/C11H19N3O2/c1-3-14-6-9(12)4-10(14)11(16)13-5-8(2)7-15/h4,6,8,15H,3,5,7,12H2,1-2H3,(H,13,16). The number of anilines is 1. The molecular weight excluding hydrogens is 206 g/mol. The van der Waals surface area contributed by atoms with E-state index in [0.717, 1.165) is 0 Å². The molecule has 1 atom stereocenters. The summed E-state index contributed by atoms with van der Waals surface area (Å²) in [5, 5.41) is 11.6. The van der Waals surface area contributed by atoms with Gasteiger partial charge in [-0.2, -0.15) is 0 Å². The number of aliphatic hydroxyl groups is 1. The SMILES string of the molecule is CCn1cc(N)cc1C(=O)NCC(C)CO. The van der Waals surface area contributed by atoms with Crippen LogP contribution >= 0.6 is 0 Å². The van der Waals surface area contributed by atoms with Crippen LogP contribution in [-0.4, -0.2) is 28.7 Å². The minimum Gasteiger partial charge on any atom is -0.397 e. The number of nitrogens with one attached hydrogen (secondary N) is 1. The number of carbonyl (C=O) groups is 1. The number of aryl methyl sites for hydroxylation is 1. The highest BCUT2D eigenvalue weighted by molar-refractivity contribution is 5.93. The maximum Gasteiger partial charge on any atom is 0.267 e. The number of aromatic nitrogens is 1. The van der Waals surface area contributed by atoms with Crippen LogP contribution in [0.1, 0.15) is 24.3 Å². The third-order valence-corrected chi connectivity index (χ3v) is 2.41. The van der Waals surface area contributed by atoms with Crippen molar-refractivity contribution in [1.29, 1.82) is 0 Å². The highest BCUT2D eigenvalue weighted by Crippen LogP contribution is 2.10. The van der Waals surface area contributed by atoms with Gasteiger partial charge in [-0.15, -0.1) is 0 Å². The van der Waals surface area contributed by atoms with Gasteiger partial charge < -0.3 is 20.7 Å². The number of nitrogens with two attached hydrogens (primary N) is 1. The Balaban J connectivity index is 2.65. The molecule has 1 heterocycles. The average Bonchev–Trinajstić information content (AvgIpc) is 2.66. The molecule has 1 aromatic rings. The van der Waals surface area contributed by atoms with Crippen molar-refractivity contribution in [3.05, 3.63) is 18.0 Å². The summed E-state index contributed by atoms with van der Waals surface area (Å²) in [6.07, 6.45) is 1.74. The molecule has 1 rings (SSSR count). The summed E-state index contributed by atoms with van der Waals surface area (Å²) in [6.45, 7) is 5.05. The first-order valence-corrected chi connectivity index (χ1v) is 5.43.